The van der Waals surface area contributed by atoms with Crippen LogP contribution in [0.4, 0.5) is 0 Å². The molecule has 0 unspecified atom stereocenters. The number of H-pyrrole nitrogens is 1. The number of ether oxygens (including phenoxy) is 1. The van der Waals surface area contributed by atoms with Gasteiger partial charge in [0.15, 0.2) is 10.6 Å². The van der Waals surface area contributed by atoms with Gasteiger partial charge < -0.3 is 4.74 Å². The topological polar surface area (TPSA) is 68.6 Å². The molecule has 6 nitrogen and oxygen atoms in total. The van der Waals surface area contributed by atoms with Crippen LogP contribution in [-0.4, -0.2) is 31.8 Å². The molecule has 25 heavy (non-hydrogen) atoms. The zero-order valence-corrected chi connectivity index (χ0v) is 14.7. The number of hydrogen-bond donors (Lipinski definition) is 1. The lowest BCUT2D eigenvalue weighted by atomic mass is 10.1. The highest BCUT2D eigenvalue weighted by Gasteiger charge is 2.15. The number of halogens is 1. The maximum Gasteiger partial charge on any atom is 0.200 e. The van der Waals surface area contributed by atoms with Crippen molar-refractivity contribution in [2.24, 2.45) is 0 Å². The molecule has 124 valence electrons. The first kappa shape index (κ1) is 15.7. The van der Waals surface area contributed by atoms with Crippen LogP contribution in [0.2, 0.25) is 5.02 Å². The van der Waals surface area contributed by atoms with E-state index in [0.29, 0.717) is 27.1 Å². The van der Waals surface area contributed by atoms with E-state index in [1.807, 2.05) is 18.2 Å². The van der Waals surface area contributed by atoms with Gasteiger partial charge >= 0.3 is 0 Å². The van der Waals surface area contributed by atoms with E-state index in [2.05, 4.69) is 20.2 Å². The van der Waals surface area contributed by atoms with Crippen LogP contribution in [0.1, 0.15) is 0 Å². The first-order valence-corrected chi connectivity index (χ1v) is 8.18. The molecule has 0 bridgehead atoms. The predicted molar refractivity (Wildman–Crippen MR) is 98.8 cm³/mol. The summed E-state index contributed by atoms with van der Waals surface area (Å²) in [5.74, 6) is 1.28. The molecular formula is C17H12ClN5OS. The fraction of sp³-hybridized carbons (Fsp3) is 0.0588. The largest absolute Gasteiger partial charge is 0.495 e. The molecule has 1 N–H and O–H groups in total. The number of benzene rings is 2. The number of methoxy groups -OCH3 is 1. The van der Waals surface area contributed by atoms with Gasteiger partial charge in [-0.1, -0.05) is 11.6 Å². The van der Waals surface area contributed by atoms with Crippen LogP contribution in [0.3, 0.4) is 0 Å². The third-order valence-corrected chi connectivity index (χ3v) is 4.29. The van der Waals surface area contributed by atoms with E-state index in [9.17, 15) is 0 Å². The molecule has 0 amide bonds. The second-order valence-electron chi connectivity index (χ2n) is 5.26. The Bertz CT molecular complexity index is 1140. The molecule has 0 aliphatic heterocycles. The van der Waals surface area contributed by atoms with Gasteiger partial charge in [0.05, 0.1) is 23.8 Å². The van der Waals surface area contributed by atoms with Gasteiger partial charge in [-0.05, 0) is 48.6 Å². The molecule has 0 aliphatic rings. The van der Waals surface area contributed by atoms with E-state index in [-0.39, 0.29) is 0 Å². The Balaban J connectivity index is 1.96. The van der Waals surface area contributed by atoms with Crippen LogP contribution in [0, 0.1) is 4.77 Å². The summed E-state index contributed by atoms with van der Waals surface area (Å²) in [4.78, 5) is 8.63. The maximum absolute atomic E-state index is 6.17. The molecule has 2 aromatic carbocycles. The monoisotopic (exact) mass is 369 g/mol. The molecule has 0 saturated carbocycles. The highest BCUT2D eigenvalue weighted by Crippen LogP contribution is 2.31. The van der Waals surface area contributed by atoms with Gasteiger partial charge in [0.25, 0.3) is 0 Å². The zero-order chi connectivity index (χ0) is 17.4. The van der Waals surface area contributed by atoms with E-state index in [4.69, 9.17) is 28.6 Å². The van der Waals surface area contributed by atoms with Crippen molar-refractivity contribution >= 4 is 34.9 Å². The fourth-order valence-corrected chi connectivity index (χ4v) is 3.05. The first-order valence-electron chi connectivity index (χ1n) is 7.40. The molecule has 0 spiro atoms. The molecule has 8 heteroatoms. The molecule has 0 saturated heterocycles. The number of aromatic nitrogens is 5. The van der Waals surface area contributed by atoms with Gasteiger partial charge in [-0.2, -0.15) is 5.10 Å². The minimum absolute atomic E-state index is 0.440. The van der Waals surface area contributed by atoms with Gasteiger partial charge in [0, 0.05) is 23.0 Å². The number of hydrogen-bond acceptors (Lipinski definition) is 5. The van der Waals surface area contributed by atoms with Crippen LogP contribution < -0.4 is 4.74 Å². The number of nitrogens with one attached hydrogen (secondary N) is 1. The zero-order valence-electron chi connectivity index (χ0n) is 13.1. The summed E-state index contributed by atoms with van der Waals surface area (Å²) >= 11 is 11.6. The van der Waals surface area contributed by atoms with Crippen molar-refractivity contribution in [1.29, 1.82) is 0 Å². The summed E-state index contributed by atoms with van der Waals surface area (Å²) in [5.41, 5.74) is 3.15. The molecule has 2 aromatic heterocycles. The summed E-state index contributed by atoms with van der Waals surface area (Å²) in [7, 11) is 1.60. The Labute approximate surface area is 153 Å². The highest BCUT2D eigenvalue weighted by molar-refractivity contribution is 7.71. The lowest BCUT2D eigenvalue weighted by Gasteiger charge is -2.12. The lowest BCUT2D eigenvalue weighted by molar-refractivity contribution is 0.413. The van der Waals surface area contributed by atoms with Crippen LogP contribution in [0.25, 0.3) is 28.1 Å². The second-order valence-corrected chi connectivity index (χ2v) is 6.09. The summed E-state index contributed by atoms with van der Waals surface area (Å²) in [6.07, 6.45) is 3.32. The van der Waals surface area contributed by atoms with Crippen LogP contribution in [0.5, 0.6) is 5.75 Å². The molecular weight excluding hydrogens is 358 g/mol. The average molecular weight is 370 g/mol. The number of nitrogens with zero attached hydrogens (tertiary/aromatic N) is 4. The van der Waals surface area contributed by atoms with Crippen molar-refractivity contribution < 1.29 is 4.74 Å². The van der Waals surface area contributed by atoms with Gasteiger partial charge in [-0.3, -0.25) is 19.6 Å². The van der Waals surface area contributed by atoms with Gasteiger partial charge in [-0.25, -0.2) is 0 Å². The van der Waals surface area contributed by atoms with Gasteiger partial charge in [-0.15, -0.1) is 0 Å². The Morgan fingerprint density at radius 1 is 1.08 bits per heavy atom. The Morgan fingerprint density at radius 3 is 2.68 bits per heavy atom. The van der Waals surface area contributed by atoms with E-state index < -0.39 is 0 Å². The molecule has 0 aliphatic carbocycles. The Kier molecular flexibility index (Phi) is 3.95. The van der Waals surface area contributed by atoms with E-state index in [0.717, 1.165) is 16.6 Å². The summed E-state index contributed by atoms with van der Waals surface area (Å²) < 4.78 is 7.68. The van der Waals surface area contributed by atoms with Crippen LogP contribution >= 0.6 is 23.8 Å². The van der Waals surface area contributed by atoms with Crippen molar-refractivity contribution in [2.75, 3.05) is 7.11 Å². The number of fused-ring (bicyclic) bond motifs is 1. The summed E-state index contributed by atoms with van der Waals surface area (Å²) in [6.45, 7) is 0. The average Bonchev–Trinajstić information content (AvgIpc) is 3.02. The Hall–Kier alpha value is -2.77. The van der Waals surface area contributed by atoms with E-state index >= 15 is 0 Å². The predicted octanol–water partition coefficient (Wildman–Crippen LogP) is 4.20. The standard InChI is InChI=1S/C17H12ClN5OS/c1-24-15-5-3-11(18)9-14(15)23-16(21-22-17(23)25)10-2-4-12-13(8-10)20-7-6-19-12/h2-9H,1H3,(H,22,25). The minimum atomic E-state index is 0.440. The number of aromatic amines is 1. The molecule has 4 rings (SSSR count). The normalized spacial score (nSPS) is 11.0. The van der Waals surface area contributed by atoms with E-state index in [1.165, 1.54) is 0 Å². The highest BCUT2D eigenvalue weighted by atomic mass is 35.5. The minimum Gasteiger partial charge on any atom is -0.495 e. The van der Waals surface area contributed by atoms with Crippen molar-refractivity contribution in [2.45, 2.75) is 0 Å². The fourth-order valence-electron chi connectivity index (χ4n) is 2.65. The van der Waals surface area contributed by atoms with Crippen LogP contribution in [-0.2, 0) is 0 Å². The first-order chi connectivity index (χ1) is 12.2. The van der Waals surface area contributed by atoms with Gasteiger partial charge in [0.1, 0.15) is 5.75 Å². The molecule has 4 aromatic rings. The molecule has 0 radical (unpaired) electrons. The third kappa shape index (κ3) is 2.77. The number of rotatable bonds is 3. The smallest absolute Gasteiger partial charge is 0.200 e. The Morgan fingerprint density at radius 2 is 1.88 bits per heavy atom. The third-order valence-electron chi connectivity index (χ3n) is 3.78. The maximum atomic E-state index is 6.17. The van der Waals surface area contributed by atoms with Crippen molar-refractivity contribution in [3.63, 3.8) is 0 Å². The molecule has 0 atom stereocenters. The van der Waals surface area contributed by atoms with Crippen molar-refractivity contribution in [3.05, 3.63) is 58.6 Å². The second kappa shape index (κ2) is 6.27. The SMILES string of the molecule is COc1ccc(Cl)cc1-n1c(-c2ccc3nccnc3c2)n[nH]c1=S. The quantitative estimate of drug-likeness (QED) is 0.548. The molecule has 0 fully saturated rings. The summed E-state index contributed by atoms with van der Waals surface area (Å²) in [6, 6.07) is 11.1. The van der Waals surface area contributed by atoms with Crippen molar-refractivity contribution in [1.82, 2.24) is 24.7 Å². The van der Waals surface area contributed by atoms with Crippen LogP contribution in [0.15, 0.2) is 48.8 Å². The lowest BCUT2D eigenvalue weighted by Crippen LogP contribution is -2.01. The summed E-state index contributed by atoms with van der Waals surface area (Å²) in [5, 5.41) is 7.79. The van der Waals surface area contributed by atoms with Crippen molar-refractivity contribution in [3.8, 4) is 22.8 Å². The molecule has 2 heterocycles. The van der Waals surface area contributed by atoms with E-state index in [1.54, 1.807) is 42.3 Å². The van der Waals surface area contributed by atoms with Gasteiger partial charge in [0.2, 0.25) is 0 Å².